The summed E-state index contributed by atoms with van der Waals surface area (Å²) in [4.78, 5) is 25.8. The summed E-state index contributed by atoms with van der Waals surface area (Å²) in [5, 5.41) is 0. The molecule has 0 spiro atoms. The van der Waals surface area contributed by atoms with E-state index < -0.39 is 0 Å². The molecule has 2 aromatic rings. The Morgan fingerprint density at radius 1 is 1.27 bits per heavy atom. The standard InChI is InChI=1S/C16H23N5O/c1-19(2)16(6-9-20(3)10-7-16)11-21-12-18-13-5-4-8-17-14(13)15(21)22/h4-5,8,12H,6-7,9-11H2,1-3H3. The monoisotopic (exact) mass is 301 g/mol. The van der Waals surface area contributed by atoms with Crippen LogP contribution >= 0.6 is 0 Å². The van der Waals surface area contributed by atoms with Gasteiger partial charge in [0.25, 0.3) is 5.56 Å². The third-order valence-corrected chi connectivity index (χ3v) is 4.92. The molecule has 2 aromatic heterocycles. The topological polar surface area (TPSA) is 54.3 Å². The van der Waals surface area contributed by atoms with E-state index in [-0.39, 0.29) is 11.1 Å². The molecule has 6 nitrogen and oxygen atoms in total. The molecule has 0 bridgehead atoms. The van der Waals surface area contributed by atoms with Crippen molar-refractivity contribution in [2.24, 2.45) is 0 Å². The van der Waals surface area contributed by atoms with E-state index in [4.69, 9.17) is 0 Å². The van der Waals surface area contributed by atoms with E-state index in [0.717, 1.165) is 25.9 Å². The molecule has 22 heavy (non-hydrogen) atoms. The normalized spacial score (nSPS) is 18.9. The Morgan fingerprint density at radius 2 is 2.00 bits per heavy atom. The zero-order valence-electron chi connectivity index (χ0n) is 13.5. The average Bonchev–Trinajstić information content (AvgIpc) is 2.52. The van der Waals surface area contributed by atoms with Gasteiger partial charge in [-0.3, -0.25) is 9.36 Å². The summed E-state index contributed by atoms with van der Waals surface area (Å²) in [5.41, 5.74) is 1.06. The largest absolute Gasteiger partial charge is 0.306 e. The molecule has 3 heterocycles. The van der Waals surface area contributed by atoms with Crippen LogP contribution in [0.5, 0.6) is 0 Å². The minimum absolute atomic E-state index is 0.000470. The van der Waals surface area contributed by atoms with Gasteiger partial charge < -0.3 is 9.80 Å². The average molecular weight is 301 g/mol. The van der Waals surface area contributed by atoms with E-state index in [1.165, 1.54) is 0 Å². The van der Waals surface area contributed by atoms with Crippen LogP contribution in [-0.2, 0) is 6.54 Å². The molecule has 118 valence electrons. The molecule has 0 aliphatic carbocycles. The van der Waals surface area contributed by atoms with Gasteiger partial charge in [0, 0.05) is 18.3 Å². The van der Waals surface area contributed by atoms with E-state index in [1.807, 2.05) is 6.07 Å². The lowest BCUT2D eigenvalue weighted by Crippen LogP contribution is -2.55. The van der Waals surface area contributed by atoms with Crippen molar-refractivity contribution in [3.8, 4) is 0 Å². The number of hydrogen-bond donors (Lipinski definition) is 0. The maximum atomic E-state index is 12.7. The molecule has 0 aromatic carbocycles. The first-order valence-electron chi connectivity index (χ1n) is 7.68. The van der Waals surface area contributed by atoms with Gasteiger partial charge in [-0.2, -0.15) is 0 Å². The van der Waals surface area contributed by atoms with Crippen molar-refractivity contribution < 1.29 is 0 Å². The zero-order valence-corrected chi connectivity index (χ0v) is 13.5. The summed E-state index contributed by atoms with van der Waals surface area (Å²) in [5.74, 6) is 0. The first-order valence-corrected chi connectivity index (χ1v) is 7.68. The van der Waals surface area contributed by atoms with Crippen molar-refractivity contribution in [3.63, 3.8) is 0 Å². The highest BCUT2D eigenvalue weighted by atomic mass is 16.1. The summed E-state index contributed by atoms with van der Waals surface area (Å²) in [6.07, 6.45) is 5.40. The molecular formula is C16H23N5O. The van der Waals surface area contributed by atoms with Gasteiger partial charge in [0.15, 0.2) is 5.52 Å². The van der Waals surface area contributed by atoms with Crippen LogP contribution in [0, 0.1) is 0 Å². The molecule has 0 atom stereocenters. The number of nitrogens with zero attached hydrogens (tertiary/aromatic N) is 5. The van der Waals surface area contributed by atoms with Crippen molar-refractivity contribution in [1.82, 2.24) is 24.3 Å². The van der Waals surface area contributed by atoms with E-state index in [2.05, 4.69) is 40.9 Å². The highest BCUT2D eigenvalue weighted by molar-refractivity contribution is 5.71. The molecule has 0 unspecified atom stereocenters. The highest BCUT2D eigenvalue weighted by Crippen LogP contribution is 2.28. The molecule has 1 aliphatic rings. The summed E-state index contributed by atoms with van der Waals surface area (Å²) in [6, 6.07) is 3.63. The van der Waals surface area contributed by atoms with Gasteiger partial charge in [0.05, 0.1) is 11.8 Å². The highest BCUT2D eigenvalue weighted by Gasteiger charge is 2.36. The van der Waals surface area contributed by atoms with Crippen molar-refractivity contribution in [3.05, 3.63) is 35.0 Å². The second-order valence-electron chi connectivity index (χ2n) is 6.47. The SMILES string of the molecule is CN1CCC(Cn2cnc3cccnc3c2=O)(N(C)C)CC1. The lowest BCUT2D eigenvalue weighted by molar-refractivity contribution is 0.0501. The van der Waals surface area contributed by atoms with E-state index in [1.54, 1.807) is 23.2 Å². The zero-order chi connectivity index (χ0) is 15.7. The Balaban J connectivity index is 1.97. The van der Waals surface area contributed by atoms with Gasteiger partial charge in [-0.25, -0.2) is 9.97 Å². The van der Waals surface area contributed by atoms with Crippen LogP contribution in [0.1, 0.15) is 12.8 Å². The molecule has 0 saturated carbocycles. The summed E-state index contributed by atoms with van der Waals surface area (Å²) >= 11 is 0. The Labute approximate surface area is 130 Å². The molecular weight excluding hydrogens is 278 g/mol. The fourth-order valence-electron chi connectivity index (χ4n) is 3.20. The van der Waals surface area contributed by atoms with Gasteiger partial charge in [-0.1, -0.05) is 0 Å². The van der Waals surface area contributed by atoms with Crippen LogP contribution in [0.4, 0.5) is 0 Å². The second kappa shape index (κ2) is 5.78. The Morgan fingerprint density at radius 3 is 2.68 bits per heavy atom. The van der Waals surface area contributed by atoms with Crippen LogP contribution in [0.25, 0.3) is 11.0 Å². The van der Waals surface area contributed by atoms with Crippen molar-refractivity contribution >= 4 is 11.0 Å². The first-order chi connectivity index (χ1) is 10.5. The van der Waals surface area contributed by atoms with Gasteiger partial charge in [-0.15, -0.1) is 0 Å². The fraction of sp³-hybridized carbons (Fsp3) is 0.562. The minimum Gasteiger partial charge on any atom is -0.306 e. The molecule has 3 rings (SSSR count). The number of hydrogen-bond acceptors (Lipinski definition) is 5. The van der Waals surface area contributed by atoms with Crippen molar-refractivity contribution in [2.75, 3.05) is 34.2 Å². The first kappa shape index (κ1) is 15.1. The number of fused-ring (bicyclic) bond motifs is 1. The third-order valence-electron chi connectivity index (χ3n) is 4.92. The summed E-state index contributed by atoms with van der Waals surface area (Å²) < 4.78 is 1.72. The summed E-state index contributed by atoms with van der Waals surface area (Å²) in [7, 11) is 6.35. The minimum atomic E-state index is -0.0502. The molecule has 6 heteroatoms. The third kappa shape index (κ3) is 2.64. The Hall–Kier alpha value is -1.79. The van der Waals surface area contributed by atoms with Crippen LogP contribution in [0.3, 0.4) is 0 Å². The molecule has 1 saturated heterocycles. The van der Waals surface area contributed by atoms with Crippen LogP contribution < -0.4 is 5.56 Å². The van der Waals surface area contributed by atoms with Crippen LogP contribution in [0.2, 0.25) is 0 Å². The van der Waals surface area contributed by atoms with Gasteiger partial charge in [0.2, 0.25) is 0 Å². The van der Waals surface area contributed by atoms with E-state index in [9.17, 15) is 4.79 Å². The van der Waals surface area contributed by atoms with E-state index >= 15 is 0 Å². The second-order valence-corrected chi connectivity index (χ2v) is 6.47. The Kier molecular flexibility index (Phi) is 3.97. The smallest absolute Gasteiger partial charge is 0.279 e. The van der Waals surface area contributed by atoms with Crippen molar-refractivity contribution in [2.45, 2.75) is 24.9 Å². The maximum absolute atomic E-state index is 12.7. The van der Waals surface area contributed by atoms with Gasteiger partial charge in [-0.05, 0) is 59.2 Å². The fourth-order valence-corrected chi connectivity index (χ4v) is 3.20. The number of likely N-dealkylation sites (tertiary alicyclic amines) is 1. The number of likely N-dealkylation sites (N-methyl/N-ethyl adjacent to an activating group) is 1. The Bertz CT molecular complexity index is 716. The predicted molar refractivity (Wildman–Crippen MR) is 86.9 cm³/mol. The molecule has 0 N–H and O–H groups in total. The summed E-state index contributed by atoms with van der Waals surface area (Å²) in [6.45, 7) is 2.75. The van der Waals surface area contributed by atoms with Gasteiger partial charge >= 0.3 is 0 Å². The maximum Gasteiger partial charge on any atom is 0.279 e. The van der Waals surface area contributed by atoms with Gasteiger partial charge in [0.1, 0.15) is 0 Å². The molecule has 0 radical (unpaired) electrons. The lowest BCUT2D eigenvalue weighted by atomic mass is 9.86. The number of piperidine rings is 1. The van der Waals surface area contributed by atoms with Crippen LogP contribution in [-0.4, -0.2) is 64.1 Å². The lowest BCUT2D eigenvalue weighted by Gasteiger charge is -2.45. The number of aromatic nitrogens is 3. The number of rotatable bonds is 3. The predicted octanol–water partition coefficient (Wildman–Crippen LogP) is 0.817. The van der Waals surface area contributed by atoms with Crippen LogP contribution in [0.15, 0.2) is 29.5 Å². The molecule has 1 fully saturated rings. The van der Waals surface area contributed by atoms with E-state index in [0.29, 0.717) is 17.6 Å². The van der Waals surface area contributed by atoms with Crippen molar-refractivity contribution in [1.29, 1.82) is 0 Å². The molecule has 0 amide bonds. The number of pyridine rings is 1. The quantitative estimate of drug-likeness (QED) is 0.840. The molecule has 1 aliphatic heterocycles.